The van der Waals surface area contributed by atoms with E-state index in [0.29, 0.717) is 30.8 Å². The summed E-state index contributed by atoms with van der Waals surface area (Å²) in [4.78, 5) is 52.3. The van der Waals surface area contributed by atoms with E-state index in [1.165, 1.54) is 0 Å². The van der Waals surface area contributed by atoms with E-state index in [2.05, 4.69) is 17.2 Å². The minimum atomic E-state index is -0.582. The molecule has 0 saturated carbocycles. The Morgan fingerprint density at radius 3 is 2.53 bits per heavy atom. The highest BCUT2D eigenvalue weighted by molar-refractivity contribution is 5.80. The third-order valence-electron chi connectivity index (χ3n) is 4.77. The van der Waals surface area contributed by atoms with Crippen molar-refractivity contribution >= 4 is 28.9 Å². The lowest BCUT2D eigenvalue weighted by molar-refractivity contribution is -0.148. The summed E-state index contributed by atoms with van der Waals surface area (Å²) in [5.74, 6) is -1.35. The molecule has 174 valence electrons. The Morgan fingerprint density at radius 2 is 1.78 bits per heavy atom. The molecule has 32 heavy (non-hydrogen) atoms. The van der Waals surface area contributed by atoms with Crippen molar-refractivity contribution < 1.29 is 23.9 Å². The third kappa shape index (κ3) is 7.79. The zero-order valence-electron chi connectivity index (χ0n) is 18.7. The molecule has 2 rings (SSSR count). The van der Waals surface area contributed by atoms with Gasteiger partial charge in [-0.3, -0.25) is 19.2 Å². The van der Waals surface area contributed by atoms with Gasteiger partial charge in [0.05, 0.1) is 24.1 Å². The van der Waals surface area contributed by atoms with Crippen molar-refractivity contribution in [3.05, 3.63) is 40.3 Å². The maximum Gasteiger partial charge on any atom is 0.306 e. The Labute approximate surface area is 187 Å². The van der Waals surface area contributed by atoms with E-state index in [-0.39, 0.29) is 37.3 Å². The number of rotatable bonds is 13. The highest BCUT2D eigenvalue weighted by Crippen LogP contribution is 2.12. The number of carbonyl (C=O) groups is 3. The Bertz CT molecular complexity index is 985. The van der Waals surface area contributed by atoms with E-state index in [1.54, 1.807) is 11.5 Å². The molecular weight excluding hydrogens is 414 g/mol. The second-order valence-electron chi connectivity index (χ2n) is 7.28. The van der Waals surface area contributed by atoms with Gasteiger partial charge < -0.3 is 19.4 Å². The van der Waals surface area contributed by atoms with Crippen molar-refractivity contribution in [2.75, 3.05) is 19.8 Å². The van der Waals surface area contributed by atoms with E-state index in [0.717, 1.165) is 18.4 Å². The van der Waals surface area contributed by atoms with Gasteiger partial charge in [-0.05, 0) is 31.9 Å². The van der Waals surface area contributed by atoms with Gasteiger partial charge in [0.2, 0.25) is 0 Å². The standard InChI is InChI=1S/C23H31N3O6/c1-3-5-15-26-19-10-7-6-9-17(19)25-18(23(26)30)12-13-22(29)32-16-20(27)24-14-8-11-21(28)31-4-2/h6-7,9-10H,3-5,8,11-16H2,1-2H3,(H,24,27). The van der Waals surface area contributed by atoms with Crippen LogP contribution in [0.2, 0.25) is 0 Å². The third-order valence-corrected chi connectivity index (χ3v) is 4.77. The molecule has 0 aliphatic heterocycles. The Balaban J connectivity index is 1.83. The van der Waals surface area contributed by atoms with Crippen LogP contribution in [0.25, 0.3) is 11.0 Å². The molecular formula is C23H31N3O6. The van der Waals surface area contributed by atoms with Crippen molar-refractivity contribution in [2.45, 2.75) is 58.9 Å². The van der Waals surface area contributed by atoms with Crippen molar-refractivity contribution in [1.82, 2.24) is 14.9 Å². The topological polar surface area (TPSA) is 117 Å². The first-order chi connectivity index (χ1) is 15.5. The van der Waals surface area contributed by atoms with Gasteiger partial charge in [0.15, 0.2) is 6.61 Å². The van der Waals surface area contributed by atoms with Crippen molar-refractivity contribution in [3.8, 4) is 0 Å². The molecule has 9 heteroatoms. The molecule has 0 unspecified atom stereocenters. The number of nitrogens with zero attached hydrogens (tertiary/aromatic N) is 2. The van der Waals surface area contributed by atoms with E-state index in [1.807, 2.05) is 24.3 Å². The predicted octanol–water partition coefficient (Wildman–Crippen LogP) is 2.13. The number of aryl methyl sites for hydroxylation is 2. The van der Waals surface area contributed by atoms with Gasteiger partial charge >= 0.3 is 11.9 Å². The molecule has 0 aliphatic rings. The van der Waals surface area contributed by atoms with Gasteiger partial charge in [0, 0.05) is 25.9 Å². The van der Waals surface area contributed by atoms with E-state index >= 15 is 0 Å². The highest BCUT2D eigenvalue weighted by Gasteiger charge is 2.14. The number of aromatic nitrogens is 2. The molecule has 0 spiro atoms. The number of nitrogens with one attached hydrogen (secondary N) is 1. The van der Waals surface area contributed by atoms with Crippen LogP contribution >= 0.6 is 0 Å². The summed E-state index contributed by atoms with van der Waals surface area (Å²) in [5, 5.41) is 2.58. The Morgan fingerprint density at radius 1 is 1.03 bits per heavy atom. The van der Waals surface area contributed by atoms with Crippen LogP contribution in [0.1, 0.15) is 51.6 Å². The minimum absolute atomic E-state index is 0.0511. The van der Waals surface area contributed by atoms with Crippen LogP contribution < -0.4 is 10.9 Å². The Hall–Kier alpha value is -3.23. The number of hydrogen-bond donors (Lipinski definition) is 1. The number of esters is 2. The summed E-state index contributed by atoms with van der Waals surface area (Å²) in [6.45, 7) is 4.57. The number of ether oxygens (including phenoxy) is 2. The van der Waals surface area contributed by atoms with Gasteiger partial charge in [-0.1, -0.05) is 25.5 Å². The molecule has 0 atom stereocenters. The van der Waals surface area contributed by atoms with Crippen molar-refractivity contribution in [3.63, 3.8) is 0 Å². The average molecular weight is 446 g/mol. The molecule has 0 fully saturated rings. The largest absolute Gasteiger partial charge is 0.466 e. The SMILES string of the molecule is CCCCn1c(=O)c(CCC(=O)OCC(=O)NCCCC(=O)OCC)nc2ccccc21. The maximum absolute atomic E-state index is 12.9. The van der Waals surface area contributed by atoms with Crippen LogP contribution in [-0.4, -0.2) is 47.2 Å². The molecule has 0 bridgehead atoms. The highest BCUT2D eigenvalue weighted by atomic mass is 16.5. The van der Waals surface area contributed by atoms with E-state index in [4.69, 9.17) is 9.47 Å². The molecule has 1 N–H and O–H groups in total. The number of hydrogen-bond acceptors (Lipinski definition) is 7. The molecule has 0 saturated heterocycles. The molecule has 1 amide bonds. The summed E-state index contributed by atoms with van der Waals surface area (Å²) < 4.78 is 11.5. The van der Waals surface area contributed by atoms with Crippen LogP contribution in [0.15, 0.2) is 29.1 Å². The number of carbonyl (C=O) groups excluding carboxylic acids is 3. The van der Waals surface area contributed by atoms with Gasteiger partial charge in [-0.25, -0.2) is 4.98 Å². The molecule has 1 heterocycles. The number of amides is 1. The fourth-order valence-corrected chi connectivity index (χ4v) is 3.13. The summed E-state index contributed by atoms with van der Waals surface area (Å²) >= 11 is 0. The summed E-state index contributed by atoms with van der Waals surface area (Å²) in [5.41, 5.74) is 1.58. The zero-order chi connectivity index (χ0) is 23.3. The monoisotopic (exact) mass is 445 g/mol. The van der Waals surface area contributed by atoms with Gasteiger partial charge in [-0.15, -0.1) is 0 Å². The number of benzene rings is 1. The quantitative estimate of drug-likeness (QED) is 0.371. The number of para-hydroxylation sites is 2. The molecule has 0 radical (unpaired) electrons. The second-order valence-corrected chi connectivity index (χ2v) is 7.28. The van der Waals surface area contributed by atoms with E-state index < -0.39 is 18.5 Å². The van der Waals surface area contributed by atoms with Crippen LogP contribution in [0.3, 0.4) is 0 Å². The Kier molecular flexibility index (Phi) is 10.4. The number of unbranched alkanes of at least 4 members (excludes halogenated alkanes) is 1. The lowest BCUT2D eigenvalue weighted by Crippen LogP contribution is -2.30. The predicted molar refractivity (Wildman–Crippen MR) is 119 cm³/mol. The van der Waals surface area contributed by atoms with Gasteiger partial charge in [-0.2, -0.15) is 0 Å². The lowest BCUT2D eigenvalue weighted by atomic mass is 10.2. The second kappa shape index (κ2) is 13.2. The summed E-state index contributed by atoms with van der Waals surface area (Å²) in [6.07, 6.45) is 2.55. The first-order valence-corrected chi connectivity index (χ1v) is 11.0. The van der Waals surface area contributed by atoms with Crippen LogP contribution in [0, 0.1) is 0 Å². The molecule has 9 nitrogen and oxygen atoms in total. The van der Waals surface area contributed by atoms with Gasteiger partial charge in [0.1, 0.15) is 5.69 Å². The summed E-state index contributed by atoms with van der Waals surface area (Å²) in [7, 11) is 0. The molecule has 1 aromatic carbocycles. The van der Waals surface area contributed by atoms with Crippen LogP contribution in [-0.2, 0) is 36.8 Å². The van der Waals surface area contributed by atoms with Gasteiger partial charge in [0.25, 0.3) is 11.5 Å². The molecule has 1 aromatic heterocycles. The normalized spacial score (nSPS) is 10.7. The minimum Gasteiger partial charge on any atom is -0.466 e. The fraction of sp³-hybridized carbons (Fsp3) is 0.522. The number of fused-ring (bicyclic) bond motifs is 1. The van der Waals surface area contributed by atoms with E-state index in [9.17, 15) is 19.2 Å². The summed E-state index contributed by atoms with van der Waals surface area (Å²) in [6, 6.07) is 7.42. The molecule has 0 aliphatic carbocycles. The fourth-order valence-electron chi connectivity index (χ4n) is 3.13. The zero-order valence-corrected chi connectivity index (χ0v) is 18.7. The maximum atomic E-state index is 12.9. The van der Waals surface area contributed by atoms with Crippen LogP contribution in [0.5, 0.6) is 0 Å². The molecule has 2 aromatic rings. The lowest BCUT2D eigenvalue weighted by Gasteiger charge is -2.12. The average Bonchev–Trinajstić information content (AvgIpc) is 2.79. The van der Waals surface area contributed by atoms with Crippen LogP contribution in [0.4, 0.5) is 0 Å². The first-order valence-electron chi connectivity index (χ1n) is 11.0. The van der Waals surface area contributed by atoms with Crippen molar-refractivity contribution in [1.29, 1.82) is 0 Å². The smallest absolute Gasteiger partial charge is 0.306 e. The first kappa shape index (κ1) is 25.0. The van der Waals surface area contributed by atoms with Crippen molar-refractivity contribution in [2.24, 2.45) is 0 Å².